The van der Waals surface area contributed by atoms with Gasteiger partial charge in [-0.25, -0.2) is 0 Å². The second-order valence-electron chi connectivity index (χ2n) is 30.8. The third-order valence-corrected chi connectivity index (χ3v) is 48.7. The van der Waals surface area contributed by atoms with Crippen LogP contribution in [0.5, 0.6) is 0 Å². The summed E-state index contributed by atoms with van der Waals surface area (Å²) in [6, 6.07) is 34.1. The SMILES string of the molecule is Cl.Cl.[CH3][Zr](=[SiH2])([CH2]CC(F)(F)F)([CH]1C(CC23CCC(CC2)C3)=Cc2c(-c3ccc(C45CC6CC(CC(C6)C4)C5)cc3)cccc21)[CH]1C(CC23CCC(CC2)C3)=Cc2c(-c3ccc(C45CC6CC(CC(C6)C4)C5)cc3)cccc21. The van der Waals surface area contributed by atoms with Gasteiger partial charge in [-0.1, -0.05) is 0 Å². The maximum absolute atomic E-state index is 15.5. The predicted octanol–water partition coefficient (Wildman–Crippen LogP) is 20.0. The number of hydrogen-bond acceptors (Lipinski definition) is 0. The summed E-state index contributed by atoms with van der Waals surface area (Å²) in [6.45, 7) is 2.25. The topological polar surface area (TPSA) is 0 Å². The third-order valence-electron chi connectivity index (χ3n) is 25.8. The van der Waals surface area contributed by atoms with Crippen LogP contribution in [-0.2, 0) is 28.2 Å². The van der Waals surface area contributed by atoms with E-state index in [4.69, 9.17) is 0 Å². The Bertz CT molecular complexity index is 2860. The molecule has 0 radical (unpaired) electrons. The molecule has 0 N–H and O–H groups in total. The number of rotatable bonds is 12. The first-order valence-electron chi connectivity index (χ1n) is 31.1. The van der Waals surface area contributed by atoms with Crippen molar-refractivity contribution in [1.29, 1.82) is 0 Å². The molecule has 12 saturated carbocycles. The van der Waals surface area contributed by atoms with Crippen LogP contribution in [0.3, 0.4) is 0 Å². The maximum atomic E-state index is 15.5. The van der Waals surface area contributed by atoms with Gasteiger partial charge in [0.1, 0.15) is 0 Å². The Morgan fingerprint density at radius 2 is 0.831 bits per heavy atom. The van der Waals surface area contributed by atoms with Gasteiger partial charge in [0.25, 0.3) is 0 Å². The number of alkyl halides is 3. The summed E-state index contributed by atoms with van der Waals surface area (Å²) < 4.78 is 49.7. The molecule has 12 bridgehead atoms. The minimum atomic E-state index is -4.96. The van der Waals surface area contributed by atoms with Crippen LogP contribution >= 0.6 is 24.8 Å². The molecule has 14 aliphatic carbocycles. The number of fused-ring (bicyclic) bond motifs is 6. The molecule has 0 heterocycles. The molecule has 0 saturated heterocycles. The quantitative estimate of drug-likeness (QED) is 0.124. The van der Waals surface area contributed by atoms with Crippen molar-refractivity contribution in [3.63, 3.8) is 0 Å². The van der Waals surface area contributed by atoms with E-state index in [2.05, 4.69) is 109 Å². The van der Waals surface area contributed by atoms with Crippen LogP contribution in [0.4, 0.5) is 13.2 Å². The second kappa shape index (κ2) is 18.4. The first-order valence-corrected chi connectivity index (χ1v) is 44.1. The van der Waals surface area contributed by atoms with E-state index in [9.17, 15) is 0 Å². The van der Waals surface area contributed by atoms with Gasteiger partial charge in [0.05, 0.1) is 0 Å². The molecule has 0 aromatic heterocycles. The average molecular weight is 1170 g/mol. The Kier molecular flexibility index (Phi) is 12.6. The van der Waals surface area contributed by atoms with E-state index in [1.165, 1.54) is 197 Å². The van der Waals surface area contributed by atoms with Crippen molar-refractivity contribution in [3.8, 4) is 22.3 Å². The summed E-state index contributed by atoms with van der Waals surface area (Å²) in [6.07, 6.45) is 32.5. The molecule has 2 unspecified atom stereocenters. The van der Waals surface area contributed by atoms with Gasteiger partial charge in [0.15, 0.2) is 0 Å². The van der Waals surface area contributed by atoms with Gasteiger partial charge < -0.3 is 0 Å². The number of halogens is 5. The number of benzene rings is 4. The van der Waals surface area contributed by atoms with Crippen LogP contribution in [0, 0.1) is 58.2 Å². The first kappa shape index (κ1) is 52.9. The molecular weight excluding hydrogens is 1090 g/mol. The Balaban J connectivity index is 0.00000270. The molecule has 14 aliphatic rings. The third kappa shape index (κ3) is 8.49. The molecule has 0 aliphatic heterocycles. The zero-order chi connectivity index (χ0) is 50.3. The van der Waals surface area contributed by atoms with Gasteiger partial charge in [-0.05, 0) is 0 Å². The number of hydrogen-bond donors (Lipinski definition) is 0. The van der Waals surface area contributed by atoms with Crippen LogP contribution in [0.2, 0.25) is 8.76 Å². The molecule has 12 fully saturated rings. The van der Waals surface area contributed by atoms with Crippen molar-refractivity contribution in [2.75, 3.05) is 0 Å². The standard InChI is InChI=1S/2C33H37.C3H4F3.CH3.2ClH.H2Si.Zr/c2*1-2-28-15-26(18-32-10-8-22(17-32)9-11-32)16-31(28)30(3-1)27-4-6-29(7-5-27)33-19-23-12-24(20-33)14-25(13-23)21-33;1-2-3(4,5)6;;;;;/h2*1-7,15-16,22-25H,8-14,17-21H2;1-2H2;1H3;2*1H;1H2;. The van der Waals surface area contributed by atoms with E-state index in [0.717, 1.165) is 60.2 Å². The molecular formula is C70H85Cl2F3SiZr. The van der Waals surface area contributed by atoms with Crippen LogP contribution in [0.25, 0.3) is 34.4 Å². The summed E-state index contributed by atoms with van der Waals surface area (Å²) in [7, 11) is 0. The van der Waals surface area contributed by atoms with E-state index in [-0.39, 0.29) is 42.9 Å². The normalized spacial score (nSPS) is 38.4. The van der Waals surface area contributed by atoms with Gasteiger partial charge in [-0.2, -0.15) is 0 Å². The molecule has 0 amide bonds. The van der Waals surface area contributed by atoms with E-state index in [1.54, 1.807) is 11.1 Å². The van der Waals surface area contributed by atoms with Gasteiger partial charge in [-0.15, -0.1) is 24.8 Å². The molecule has 0 spiro atoms. The summed E-state index contributed by atoms with van der Waals surface area (Å²) >= 11 is -4.96. The Hall–Kier alpha value is -2.17. The fraction of sp³-hybridized carbons (Fsp3) is 0.600. The summed E-state index contributed by atoms with van der Waals surface area (Å²) in [4.78, 5) is 0. The minimum absolute atomic E-state index is 0. The molecule has 18 rings (SSSR count). The van der Waals surface area contributed by atoms with Gasteiger partial charge >= 0.3 is 453 Å². The summed E-state index contributed by atoms with van der Waals surface area (Å²) in [5.41, 5.74) is 18.1. The van der Waals surface area contributed by atoms with Gasteiger partial charge in [0.2, 0.25) is 0 Å². The van der Waals surface area contributed by atoms with Crippen molar-refractivity contribution in [2.45, 2.75) is 194 Å². The molecule has 0 nitrogen and oxygen atoms in total. The van der Waals surface area contributed by atoms with Crippen LogP contribution in [-0.4, -0.2) is 13.1 Å². The van der Waals surface area contributed by atoms with Crippen molar-refractivity contribution >= 4 is 43.8 Å². The molecule has 408 valence electrons. The Morgan fingerprint density at radius 3 is 1.14 bits per heavy atom. The van der Waals surface area contributed by atoms with Crippen LogP contribution in [0.15, 0.2) is 96.1 Å². The summed E-state index contributed by atoms with van der Waals surface area (Å²) in [5.74, 6) is 7.11. The molecule has 77 heavy (non-hydrogen) atoms. The van der Waals surface area contributed by atoms with Crippen molar-refractivity contribution in [2.24, 2.45) is 58.2 Å². The fourth-order valence-corrected chi connectivity index (χ4v) is 47.3. The monoisotopic (exact) mass is 1170 g/mol. The molecule has 4 aromatic carbocycles. The second-order valence-corrected chi connectivity index (χ2v) is 59.2. The first-order chi connectivity index (χ1) is 36.1. The number of allylic oxidation sites excluding steroid dienone is 2. The van der Waals surface area contributed by atoms with Gasteiger partial charge in [0, 0.05) is 0 Å². The zero-order valence-corrected chi connectivity index (χ0v) is 51.6. The summed E-state index contributed by atoms with van der Waals surface area (Å²) in [5, 5.41) is 0. The van der Waals surface area contributed by atoms with E-state index in [0.29, 0.717) is 15.0 Å². The van der Waals surface area contributed by atoms with E-state index < -0.39 is 30.0 Å². The molecule has 4 aromatic rings. The molecule has 7 heteroatoms. The van der Waals surface area contributed by atoms with Crippen LogP contribution < -0.4 is 0 Å². The Morgan fingerprint density at radius 1 is 0.481 bits per heavy atom. The van der Waals surface area contributed by atoms with E-state index >= 15 is 13.2 Å². The van der Waals surface area contributed by atoms with Crippen molar-refractivity contribution in [1.82, 2.24) is 0 Å². The van der Waals surface area contributed by atoms with E-state index in [1.807, 2.05) is 0 Å². The predicted molar refractivity (Wildman–Crippen MR) is 317 cm³/mol. The fourth-order valence-electron chi connectivity index (χ4n) is 23.7. The van der Waals surface area contributed by atoms with Gasteiger partial charge in [-0.3, -0.25) is 0 Å². The van der Waals surface area contributed by atoms with Crippen LogP contribution in [0.1, 0.15) is 201 Å². The molecule has 2 atom stereocenters. The average Bonchev–Trinajstić information content (AvgIpc) is 4.31. The van der Waals surface area contributed by atoms with Crippen molar-refractivity contribution in [3.05, 3.63) is 129 Å². The van der Waals surface area contributed by atoms with Crippen molar-refractivity contribution < 1.29 is 30.6 Å². The Labute approximate surface area is 474 Å². The zero-order valence-electron chi connectivity index (χ0n) is 46.1.